The van der Waals surface area contributed by atoms with Crippen LogP contribution in [0.3, 0.4) is 0 Å². The highest BCUT2D eigenvalue weighted by atomic mass is 35.5. The maximum Gasteiger partial charge on any atom is 0.243 e. The fraction of sp³-hybridized carbons (Fsp3) is 0.417. The lowest BCUT2D eigenvalue weighted by atomic mass is 10.0. The lowest BCUT2D eigenvalue weighted by Crippen LogP contribution is -2.50. The number of nitrogens with one attached hydrogen (secondary N) is 1. The van der Waals surface area contributed by atoms with E-state index in [0.717, 1.165) is 17.5 Å². The Hall–Kier alpha value is -2.37. The molecule has 2 aromatic carbocycles. The number of benzene rings is 2. The number of nitrogens with zero attached hydrogens (tertiary/aromatic N) is 1. The van der Waals surface area contributed by atoms with Crippen LogP contribution in [0.15, 0.2) is 54.6 Å². The van der Waals surface area contributed by atoms with Crippen molar-refractivity contribution in [2.75, 3.05) is 13.2 Å². The Labute approximate surface area is 184 Å². The molecule has 30 heavy (non-hydrogen) atoms. The minimum Gasteiger partial charge on any atom is -0.379 e. The molecular formula is C24H31ClN2O3. The number of halogens is 1. The zero-order valence-corrected chi connectivity index (χ0v) is 18.7. The predicted molar refractivity (Wildman–Crippen MR) is 120 cm³/mol. The van der Waals surface area contributed by atoms with Gasteiger partial charge in [-0.15, -0.1) is 0 Å². The number of rotatable bonds is 11. The zero-order valence-electron chi connectivity index (χ0n) is 17.9. The van der Waals surface area contributed by atoms with E-state index in [1.807, 2.05) is 56.3 Å². The van der Waals surface area contributed by atoms with Gasteiger partial charge in [0.25, 0.3) is 0 Å². The smallest absolute Gasteiger partial charge is 0.243 e. The van der Waals surface area contributed by atoms with Crippen LogP contribution >= 0.6 is 11.6 Å². The lowest BCUT2D eigenvalue weighted by Gasteiger charge is -2.30. The molecule has 1 N–H and O–H groups in total. The molecule has 0 aliphatic rings. The van der Waals surface area contributed by atoms with Crippen molar-refractivity contribution < 1.29 is 14.3 Å². The van der Waals surface area contributed by atoms with Crippen LogP contribution in [0.1, 0.15) is 38.3 Å². The van der Waals surface area contributed by atoms with Gasteiger partial charge in [-0.2, -0.15) is 0 Å². The van der Waals surface area contributed by atoms with E-state index < -0.39 is 6.04 Å². The lowest BCUT2D eigenvalue weighted by molar-refractivity contribution is -0.139. The van der Waals surface area contributed by atoms with Gasteiger partial charge in [0.05, 0.1) is 6.10 Å². The highest BCUT2D eigenvalue weighted by Crippen LogP contribution is 2.16. The van der Waals surface area contributed by atoms with E-state index in [1.165, 1.54) is 6.92 Å². The first-order valence-electron chi connectivity index (χ1n) is 10.3. The van der Waals surface area contributed by atoms with Crippen molar-refractivity contribution in [1.82, 2.24) is 10.2 Å². The third-order valence-corrected chi connectivity index (χ3v) is 4.94. The van der Waals surface area contributed by atoms with E-state index in [0.29, 0.717) is 31.1 Å². The van der Waals surface area contributed by atoms with Crippen LogP contribution in [-0.4, -0.2) is 42.0 Å². The minimum atomic E-state index is -0.605. The summed E-state index contributed by atoms with van der Waals surface area (Å²) in [6, 6.07) is 16.5. The first-order chi connectivity index (χ1) is 14.4. The summed E-state index contributed by atoms with van der Waals surface area (Å²) in [5.74, 6) is -0.309. The highest BCUT2D eigenvalue weighted by molar-refractivity contribution is 6.30. The molecule has 0 spiro atoms. The Kier molecular flexibility index (Phi) is 9.84. The van der Waals surface area contributed by atoms with E-state index in [9.17, 15) is 9.59 Å². The standard InChI is InChI=1S/C24H31ClN2O3/c1-18(2)30-15-7-14-26-24(29)23(16-20-8-5-4-6-9-20)27(19(3)28)17-21-10-12-22(25)13-11-21/h4-6,8-13,18,23H,7,14-17H2,1-3H3,(H,26,29)/t23-/m0/s1. The van der Waals surface area contributed by atoms with Crippen LogP contribution in [-0.2, 0) is 27.3 Å². The molecule has 0 fully saturated rings. The van der Waals surface area contributed by atoms with Gasteiger partial charge in [0.15, 0.2) is 0 Å². The molecule has 0 saturated heterocycles. The first-order valence-corrected chi connectivity index (χ1v) is 10.7. The Morgan fingerprint density at radius 3 is 2.30 bits per heavy atom. The van der Waals surface area contributed by atoms with Gasteiger partial charge < -0.3 is 15.0 Å². The third-order valence-electron chi connectivity index (χ3n) is 4.69. The fourth-order valence-corrected chi connectivity index (χ4v) is 3.26. The summed E-state index contributed by atoms with van der Waals surface area (Å²) in [5.41, 5.74) is 1.92. The maximum absolute atomic E-state index is 13.1. The molecule has 0 saturated carbocycles. The molecule has 0 aromatic heterocycles. The summed E-state index contributed by atoms with van der Waals surface area (Å²) in [5, 5.41) is 3.61. The average Bonchev–Trinajstić information content (AvgIpc) is 2.72. The topological polar surface area (TPSA) is 58.6 Å². The monoisotopic (exact) mass is 430 g/mol. The molecule has 2 aromatic rings. The molecule has 162 valence electrons. The number of hydrogen-bond donors (Lipinski definition) is 1. The van der Waals surface area contributed by atoms with E-state index in [-0.39, 0.29) is 17.9 Å². The van der Waals surface area contributed by atoms with Crippen LogP contribution in [0.5, 0.6) is 0 Å². The summed E-state index contributed by atoms with van der Waals surface area (Å²) in [6.07, 6.45) is 1.33. The second-order valence-corrected chi connectivity index (χ2v) is 7.98. The van der Waals surface area contributed by atoms with Crippen molar-refractivity contribution >= 4 is 23.4 Å². The van der Waals surface area contributed by atoms with Gasteiger partial charge in [0, 0.05) is 38.1 Å². The van der Waals surface area contributed by atoms with Crippen LogP contribution < -0.4 is 5.32 Å². The summed E-state index contributed by atoms with van der Waals surface area (Å²) in [6.45, 7) is 6.89. The molecule has 5 nitrogen and oxygen atoms in total. The van der Waals surface area contributed by atoms with Gasteiger partial charge in [-0.3, -0.25) is 9.59 Å². The quantitative estimate of drug-likeness (QED) is 0.542. The fourth-order valence-electron chi connectivity index (χ4n) is 3.13. The van der Waals surface area contributed by atoms with Crippen LogP contribution in [0.2, 0.25) is 5.02 Å². The molecule has 0 heterocycles. The van der Waals surface area contributed by atoms with Gasteiger partial charge in [-0.25, -0.2) is 0 Å². The van der Waals surface area contributed by atoms with Crippen molar-refractivity contribution in [3.63, 3.8) is 0 Å². The summed E-state index contributed by atoms with van der Waals surface area (Å²) >= 11 is 5.98. The molecule has 0 aliphatic heterocycles. The first kappa shape index (κ1) is 23.9. The zero-order chi connectivity index (χ0) is 21.9. The van der Waals surface area contributed by atoms with Crippen molar-refractivity contribution in [3.05, 3.63) is 70.7 Å². The van der Waals surface area contributed by atoms with E-state index in [2.05, 4.69) is 5.32 Å². The van der Waals surface area contributed by atoms with Gasteiger partial charge in [-0.1, -0.05) is 54.1 Å². The van der Waals surface area contributed by atoms with Gasteiger partial charge in [-0.05, 0) is 43.5 Å². The second kappa shape index (κ2) is 12.4. The molecule has 1 atom stereocenters. The van der Waals surface area contributed by atoms with E-state index >= 15 is 0 Å². The van der Waals surface area contributed by atoms with Gasteiger partial charge in [0.2, 0.25) is 11.8 Å². The molecule has 0 bridgehead atoms. The summed E-state index contributed by atoms with van der Waals surface area (Å²) in [4.78, 5) is 27.2. The minimum absolute atomic E-state index is 0.149. The number of carbonyl (C=O) groups excluding carboxylic acids is 2. The van der Waals surface area contributed by atoms with Gasteiger partial charge >= 0.3 is 0 Å². The number of ether oxygens (including phenoxy) is 1. The third kappa shape index (κ3) is 8.17. The van der Waals surface area contributed by atoms with Gasteiger partial charge in [0.1, 0.15) is 6.04 Å². The molecule has 6 heteroatoms. The summed E-state index contributed by atoms with van der Waals surface area (Å²) < 4.78 is 5.53. The molecule has 0 aliphatic carbocycles. The molecule has 2 rings (SSSR count). The molecule has 0 radical (unpaired) electrons. The van der Waals surface area contributed by atoms with E-state index in [1.54, 1.807) is 17.0 Å². The van der Waals surface area contributed by atoms with Crippen molar-refractivity contribution in [1.29, 1.82) is 0 Å². The van der Waals surface area contributed by atoms with Crippen molar-refractivity contribution in [2.24, 2.45) is 0 Å². The maximum atomic E-state index is 13.1. The highest BCUT2D eigenvalue weighted by Gasteiger charge is 2.28. The summed E-state index contributed by atoms with van der Waals surface area (Å²) in [7, 11) is 0. The van der Waals surface area contributed by atoms with Crippen molar-refractivity contribution in [3.8, 4) is 0 Å². The Balaban J connectivity index is 2.13. The molecule has 0 unspecified atom stereocenters. The average molecular weight is 431 g/mol. The number of hydrogen-bond acceptors (Lipinski definition) is 3. The largest absolute Gasteiger partial charge is 0.379 e. The normalized spacial score (nSPS) is 11.9. The number of carbonyl (C=O) groups is 2. The van der Waals surface area contributed by atoms with Crippen LogP contribution in [0, 0.1) is 0 Å². The van der Waals surface area contributed by atoms with Crippen LogP contribution in [0.25, 0.3) is 0 Å². The predicted octanol–water partition coefficient (Wildman–Crippen LogP) is 4.23. The van der Waals surface area contributed by atoms with Crippen molar-refractivity contribution in [2.45, 2.75) is 52.3 Å². The Morgan fingerprint density at radius 1 is 1.03 bits per heavy atom. The Bertz CT molecular complexity index is 794. The van der Waals surface area contributed by atoms with Crippen LogP contribution in [0.4, 0.5) is 0 Å². The second-order valence-electron chi connectivity index (χ2n) is 7.54. The number of amides is 2. The Morgan fingerprint density at radius 2 is 1.70 bits per heavy atom. The molecular weight excluding hydrogens is 400 g/mol. The molecule has 2 amide bonds. The SMILES string of the molecule is CC(=O)N(Cc1ccc(Cl)cc1)[C@@H](Cc1ccccc1)C(=O)NCCCOC(C)C. The van der Waals surface area contributed by atoms with E-state index in [4.69, 9.17) is 16.3 Å².